The van der Waals surface area contributed by atoms with E-state index in [1.807, 2.05) is 0 Å². The van der Waals surface area contributed by atoms with Gasteiger partial charge in [-0.1, -0.05) is 23.4 Å². The third kappa shape index (κ3) is 2.29. The van der Waals surface area contributed by atoms with Crippen LogP contribution in [0.25, 0.3) is 11.1 Å². The Morgan fingerprint density at radius 3 is 2.88 bits per heavy atom. The van der Waals surface area contributed by atoms with Gasteiger partial charge >= 0.3 is 0 Å². The summed E-state index contributed by atoms with van der Waals surface area (Å²) in [7, 11) is 1.59. The lowest BCUT2D eigenvalue weighted by Crippen LogP contribution is -1.97. The quantitative estimate of drug-likeness (QED) is 0.884. The van der Waals surface area contributed by atoms with Gasteiger partial charge < -0.3 is 15.0 Å². The van der Waals surface area contributed by atoms with Crippen molar-refractivity contribution in [1.82, 2.24) is 5.16 Å². The Balaban J connectivity index is 2.44. The van der Waals surface area contributed by atoms with Crippen LogP contribution in [0, 0.1) is 5.82 Å². The number of hydrogen-bond donors (Lipinski definition) is 1. The van der Waals surface area contributed by atoms with Gasteiger partial charge in [-0.05, 0) is 6.07 Å². The van der Waals surface area contributed by atoms with E-state index in [0.29, 0.717) is 29.9 Å². The maximum Gasteiger partial charge on any atom is 0.175 e. The van der Waals surface area contributed by atoms with Crippen molar-refractivity contribution in [2.45, 2.75) is 6.42 Å². The van der Waals surface area contributed by atoms with E-state index in [1.54, 1.807) is 25.3 Å². The van der Waals surface area contributed by atoms with Crippen molar-refractivity contribution in [3.05, 3.63) is 35.8 Å². The lowest BCUT2D eigenvalue weighted by Gasteiger charge is -2.03. The van der Waals surface area contributed by atoms with Gasteiger partial charge in [-0.3, -0.25) is 0 Å². The molecule has 0 radical (unpaired) electrons. The largest absolute Gasteiger partial charge is 0.384 e. The van der Waals surface area contributed by atoms with Gasteiger partial charge in [0, 0.05) is 19.1 Å². The van der Waals surface area contributed by atoms with Crippen molar-refractivity contribution in [2.24, 2.45) is 0 Å². The van der Waals surface area contributed by atoms with E-state index < -0.39 is 0 Å². The van der Waals surface area contributed by atoms with Crippen molar-refractivity contribution in [3.63, 3.8) is 0 Å². The molecule has 0 amide bonds. The molecule has 0 atom stereocenters. The Bertz CT molecular complexity index is 511. The number of ether oxygens (including phenoxy) is 1. The van der Waals surface area contributed by atoms with Crippen molar-refractivity contribution < 1.29 is 13.7 Å². The highest BCUT2D eigenvalue weighted by atomic mass is 19.1. The third-order valence-electron chi connectivity index (χ3n) is 2.47. The van der Waals surface area contributed by atoms with Crippen LogP contribution >= 0.6 is 0 Å². The Kier molecular flexibility index (Phi) is 3.39. The molecule has 0 aliphatic heterocycles. The molecule has 17 heavy (non-hydrogen) atoms. The molecular weight excluding hydrogens is 223 g/mol. The van der Waals surface area contributed by atoms with Crippen molar-refractivity contribution in [3.8, 4) is 11.1 Å². The minimum atomic E-state index is -0.346. The zero-order valence-electron chi connectivity index (χ0n) is 9.44. The van der Waals surface area contributed by atoms with Crippen LogP contribution in [0.1, 0.15) is 5.76 Å². The molecule has 0 aliphatic rings. The molecule has 0 aliphatic carbocycles. The van der Waals surface area contributed by atoms with Crippen LogP contribution in [0.15, 0.2) is 28.8 Å². The highest BCUT2D eigenvalue weighted by molar-refractivity contribution is 5.75. The second-order valence-corrected chi connectivity index (χ2v) is 3.59. The Labute approximate surface area is 98.2 Å². The van der Waals surface area contributed by atoms with Gasteiger partial charge in [0.1, 0.15) is 11.6 Å². The molecule has 0 saturated heterocycles. The van der Waals surface area contributed by atoms with E-state index in [2.05, 4.69) is 5.16 Å². The van der Waals surface area contributed by atoms with Crippen LogP contribution in [-0.2, 0) is 11.2 Å². The summed E-state index contributed by atoms with van der Waals surface area (Å²) in [5.74, 6) is 0.386. The topological polar surface area (TPSA) is 61.3 Å². The van der Waals surface area contributed by atoms with E-state index in [1.165, 1.54) is 6.07 Å². The number of nitrogen functional groups attached to an aromatic ring is 1. The molecule has 0 saturated carbocycles. The molecule has 5 heteroatoms. The summed E-state index contributed by atoms with van der Waals surface area (Å²) in [6.45, 7) is 0.468. The average molecular weight is 236 g/mol. The zero-order chi connectivity index (χ0) is 12.3. The molecule has 0 bridgehead atoms. The monoisotopic (exact) mass is 236 g/mol. The van der Waals surface area contributed by atoms with Crippen molar-refractivity contribution in [2.75, 3.05) is 19.5 Å². The summed E-state index contributed by atoms with van der Waals surface area (Å²) in [6, 6.07) is 6.39. The van der Waals surface area contributed by atoms with E-state index in [9.17, 15) is 4.39 Å². The highest BCUT2D eigenvalue weighted by Gasteiger charge is 2.18. The van der Waals surface area contributed by atoms with Crippen molar-refractivity contribution >= 4 is 5.82 Å². The Morgan fingerprint density at radius 1 is 1.41 bits per heavy atom. The summed E-state index contributed by atoms with van der Waals surface area (Å²) in [5, 5.41) is 3.67. The number of methoxy groups -OCH3 is 1. The molecule has 1 aromatic carbocycles. The average Bonchev–Trinajstić information content (AvgIpc) is 2.69. The lowest BCUT2D eigenvalue weighted by atomic mass is 10.0. The number of aromatic nitrogens is 1. The second-order valence-electron chi connectivity index (χ2n) is 3.59. The van der Waals surface area contributed by atoms with Gasteiger partial charge in [0.25, 0.3) is 0 Å². The summed E-state index contributed by atoms with van der Waals surface area (Å²) < 4.78 is 23.7. The summed E-state index contributed by atoms with van der Waals surface area (Å²) in [6.07, 6.45) is 0.504. The minimum absolute atomic E-state index is 0.196. The molecule has 2 aromatic rings. The van der Waals surface area contributed by atoms with E-state index in [-0.39, 0.29) is 11.6 Å². The Morgan fingerprint density at radius 2 is 2.18 bits per heavy atom. The lowest BCUT2D eigenvalue weighted by molar-refractivity contribution is 0.193. The smallest absolute Gasteiger partial charge is 0.175 e. The SMILES string of the molecule is COCCc1onc(N)c1-c1ccccc1F. The maximum absolute atomic E-state index is 13.7. The van der Waals surface area contributed by atoms with Crippen LogP contribution in [0.2, 0.25) is 0 Å². The van der Waals surface area contributed by atoms with Gasteiger partial charge in [-0.2, -0.15) is 0 Å². The van der Waals surface area contributed by atoms with Crippen LogP contribution < -0.4 is 5.73 Å². The van der Waals surface area contributed by atoms with Gasteiger partial charge in [-0.15, -0.1) is 0 Å². The van der Waals surface area contributed by atoms with Gasteiger partial charge in [0.2, 0.25) is 0 Å². The molecule has 90 valence electrons. The number of benzene rings is 1. The molecule has 0 unspecified atom stereocenters. The van der Waals surface area contributed by atoms with E-state index in [0.717, 1.165) is 0 Å². The fourth-order valence-electron chi connectivity index (χ4n) is 1.66. The molecular formula is C12H13FN2O2. The molecule has 0 fully saturated rings. The van der Waals surface area contributed by atoms with E-state index >= 15 is 0 Å². The maximum atomic E-state index is 13.7. The van der Waals surface area contributed by atoms with Crippen LogP contribution in [-0.4, -0.2) is 18.9 Å². The first-order chi connectivity index (χ1) is 8.24. The standard InChI is InChI=1S/C12H13FN2O2/c1-16-7-6-10-11(12(14)15-17-10)8-4-2-3-5-9(8)13/h2-5H,6-7H2,1H3,(H2,14,15). The molecule has 2 N–H and O–H groups in total. The molecule has 1 heterocycles. The molecule has 1 aromatic heterocycles. The number of hydrogen-bond acceptors (Lipinski definition) is 4. The Hall–Kier alpha value is -1.88. The fourth-order valence-corrected chi connectivity index (χ4v) is 1.66. The highest BCUT2D eigenvalue weighted by Crippen LogP contribution is 2.31. The van der Waals surface area contributed by atoms with Crippen LogP contribution in [0.5, 0.6) is 0 Å². The van der Waals surface area contributed by atoms with Gasteiger partial charge in [-0.25, -0.2) is 4.39 Å². The predicted octanol–water partition coefficient (Wildman–Crippen LogP) is 2.25. The normalized spacial score (nSPS) is 10.7. The number of nitrogens with zero attached hydrogens (tertiary/aromatic N) is 1. The fraction of sp³-hybridized carbons (Fsp3) is 0.250. The first-order valence-electron chi connectivity index (χ1n) is 5.22. The second kappa shape index (κ2) is 4.97. The number of halogens is 1. The van der Waals surface area contributed by atoms with Gasteiger partial charge in [0.15, 0.2) is 5.82 Å². The summed E-state index contributed by atoms with van der Waals surface area (Å²) in [5.41, 5.74) is 6.62. The predicted molar refractivity (Wildman–Crippen MR) is 61.9 cm³/mol. The van der Waals surface area contributed by atoms with E-state index in [4.69, 9.17) is 15.0 Å². The van der Waals surface area contributed by atoms with Crippen LogP contribution in [0.3, 0.4) is 0 Å². The summed E-state index contributed by atoms with van der Waals surface area (Å²) >= 11 is 0. The zero-order valence-corrected chi connectivity index (χ0v) is 9.44. The number of nitrogens with two attached hydrogens (primary N) is 1. The number of rotatable bonds is 4. The van der Waals surface area contributed by atoms with Gasteiger partial charge in [0.05, 0.1) is 12.2 Å². The molecule has 0 spiro atoms. The van der Waals surface area contributed by atoms with Crippen molar-refractivity contribution in [1.29, 1.82) is 0 Å². The third-order valence-corrected chi connectivity index (χ3v) is 2.47. The first-order valence-corrected chi connectivity index (χ1v) is 5.22. The summed E-state index contributed by atoms with van der Waals surface area (Å²) in [4.78, 5) is 0. The van der Waals surface area contributed by atoms with Crippen LogP contribution in [0.4, 0.5) is 10.2 Å². The minimum Gasteiger partial charge on any atom is -0.384 e. The molecule has 4 nitrogen and oxygen atoms in total. The molecule has 2 rings (SSSR count). The number of anilines is 1. The first kappa shape index (κ1) is 11.6.